The number of carbonyl (C=O) groups excluding carboxylic acids is 1. The van der Waals surface area contributed by atoms with Crippen molar-refractivity contribution in [3.63, 3.8) is 0 Å². The number of allylic oxidation sites excluding steroid dienone is 1. The molecule has 2 N–H and O–H groups in total. The number of aryl methyl sites for hydroxylation is 1. The Labute approximate surface area is 224 Å². The predicted molar refractivity (Wildman–Crippen MR) is 148 cm³/mol. The summed E-state index contributed by atoms with van der Waals surface area (Å²) in [6.45, 7) is 3.85. The molecule has 1 amide bonds. The van der Waals surface area contributed by atoms with Crippen LogP contribution < -0.4 is 15.4 Å². The van der Waals surface area contributed by atoms with Gasteiger partial charge in [0.25, 0.3) is 5.91 Å². The molecule has 1 aromatic heterocycles. The molecule has 0 unspecified atom stereocenters. The standard InChI is InChI=1S/C28H26ClN5O2S/c1-17-7-4-5-10-23(17)31-26(35)24-18(2)30-27-32-28(37-16-19-8-6-9-22(15-19)36-3)33-34(27)25(24)20-11-13-21(29)14-12-20/h4-15,25H,16H2,1-3H3,(H,31,35)(H,30,32,33)/t25-/m1/s1. The average Bonchev–Trinajstić information content (AvgIpc) is 3.31. The molecule has 2 heterocycles. The van der Waals surface area contributed by atoms with Gasteiger partial charge in [0.2, 0.25) is 11.1 Å². The van der Waals surface area contributed by atoms with Crippen molar-refractivity contribution in [1.29, 1.82) is 0 Å². The largest absolute Gasteiger partial charge is 0.497 e. The summed E-state index contributed by atoms with van der Waals surface area (Å²) in [5, 5.41) is 12.4. The number of amides is 1. The molecule has 9 heteroatoms. The van der Waals surface area contributed by atoms with Crippen molar-refractivity contribution >= 4 is 40.9 Å². The fraction of sp³-hybridized carbons (Fsp3) is 0.179. The van der Waals surface area contributed by atoms with Gasteiger partial charge < -0.3 is 15.4 Å². The second kappa shape index (κ2) is 10.7. The minimum atomic E-state index is -0.476. The van der Waals surface area contributed by atoms with Crippen LogP contribution >= 0.6 is 23.4 Å². The SMILES string of the molecule is COc1cccc(CSc2nc3n(n2)[C@H](c2ccc(Cl)cc2)C(C(=O)Nc2ccccc2C)=C(C)N3)c1. The number of hydrogen-bond acceptors (Lipinski definition) is 6. The van der Waals surface area contributed by atoms with E-state index in [2.05, 4.69) is 10.6 Å². The third kappa shape index (κ3) is 5.35. The summed E-state index contributed by atoms with van der Waals surface area (Å²) in [4.78, 5) is 18.4. The highest BCUT2D eigenvalue weighted by Gasteiger charge is 2.34. The van der Waals surface area contributed by atoms with Gasteiger partial charge in [0, 0.05) is 22.2 Å². The van der Waals surface area contributed by atoms with Gasteiger partial charge in [-0.1, -0.05) is 65.8 Å². The Hall–Kier alpha value is -3.75. The average molecular weight is 532 g/mol. The molecular weight excluding hydrogens is 506 g/mol. The lowest BCUT2D eigenvalue weighted by Crippen LogP contribution is -2.31. The Morgan fingerprint density at radius 2 is 1.89 bits per heavy atom. The molecule has 0 aliphatic carbocycles. The van der Waals surface area contributed by atoms with Gasteiger partial charge >= 0.3 is 0 Å². The molecule has 0 bridgehead atoms. The van der Waals surface area contributed by atoms with Gasteiger partial charge in [-0.05, 0) is 60.9 Å². The fourth-order valence-electron chi connectivity index (χ4n) is 4.25. The number of para-hydroxylation sites is 1. The zero-order valence-electron chi connectivity index (χ0n) is 20.7. The number of nitrogens with zero attached hydrogens (tertiary/aromatic N) is 3. The van der Waals surface area contributed by atoms with E-state index in [4.69, 9.17) is 26.4 Å². The molecule has 1 aliphatic rings. The second-order valence-corrected chi connectivity index (χ2v) is 10.1. The molecule has 3 aromatic carbocycles. The first-order chi connectivity index (χ1) is 17.9. The quantitative estimate of drug-likeness (QED) is 0.266. The minimum absolute atomic E-state index is 0.203. The van der Waals surface area contributed by atoms with Crippen LogP contribution in [0.2, 0.25) is 5.02 Å². The van der Waals surface area contributed by atoms with Gasteiger partial charge in [-0.15, -0.1) is 5.10 Å². The highest BCUT2D eigenvalue weighted by molar-refractivity contribution is 7.98. The number of nitrogens with one attached hydrogen (secondary N) is 2. The molecular formula is C28H26ClN5O2S. The van der Waals surface area contributed by atoms with Gasteiger partial charge in [0.15, 0.2) is 0 Å². The Morgan fingerprint density at radius 1 is 1.11 bits per heavy atom. The Balaban J connectivity index is 1.48. The fourth-order valence-corrected chi connectivity index (χ4v) is 5.15. The van der Waals surface area contributed by atoms with Crippen LogP contribution in [0.15, 0.2) is 89.2 Å². The summed E-state index contributed by atoms with van der Waals surface area (Å²) in [5.74, 6) is 1.87. The number of anilines is 2. The topological polar surface area (TPSA) is 81.1 Å². The predicted octanol–water partition coefficient (Wildman–Crippen LogP) is 6.47. The van der Waals surface area contributed by atoms with Crippen molar-refractivity contribution in [3.05, 3.63) is 106 Å². The van der Waals surface area contributed by atoms with E-state index in [9.17, 15) is 4.79 Å². The van der Waals surface area contributed by atoms with E-state index < -0.39 is 6.04 Å². The molecule has 0 saturated heterocycles. The maximum atomic E-state index is 13.7. The van der Waals surface area contributed by atoms with Crippen LogP contribution in [0.25, 0.3) is 0 Å². The molecule has 188 valence electrons. The monoisotopic (exact) mass is 531 g/mol. The number of rotatable bonds is 7. The van der Waals surface area contributed by atoms with E-state index in [1.807, 2.05) is 86.6 Å². The molecule has 5 rings (SSSR count). The maximum Gasteiger partial charge on any atom is 0.255 e. The van der Waals surface area contributed by atoms with E-state index in [1.54, 1.807) is 11.8 Å². The first-order valence-electron chi connectivity index (χ1n) is 11.8. The van der Waals surface area contributed by atoms with Crippen molar-refractivity contribution in [2.75, 3.05) is 17.7 Å². The van der Waals surface area contributed by atoms with E-state index in [1.165, 1.54) is 11.8 Å². The number of fused-ring (bicyclic) bond motifs is 1. The van der Waals surface area contributed by atoms with Crippen LogP contribution in [0.3, 0.4) is 0 Å². The number of hydrogen-bond donors (Lipinski definition) is 2. The van der Waals surface area contributed by atoms with E-state index in [-0.39, 0.29) is 5.91 Å². The van der Waals surface area contributed by atoms with E-state index in [0.717, 1.165) is 33.8 Å². The lowest BCUT2D eigenvalue weighted by Gasteiger charge is -2.28. The normalized spacial score (nSPS) is 14.6. The summed E-state index contributed by atoms with van der Waals surface area (Å²) < 4.78 is 7.11. The highest BCUT2D eigenvalue weighted by Crippen LogP contribution is 2.37. The summed E-state index contributed by atoms with van der Waals surface area (Å²) in [6.07, 6.45) is 0. The molecule has 0 radical (unpaired) electrons. The zero-order valence-corrected chi connectivity index (χ0v) is 22.2. The molecule has 4 aromatic rings. The molecule has 1 atom stereocenters. The molecule has 0 spiro atoms. The van der Waals surface area contributed by atoms with Crippen molar-refractivity contribution < 1.29 is 9.53 Å². The molecule has 37 heavy (non-hydrogen) atoms. The summed E-state index contributed by atoms with van der Waals surface area (Å²) >= 11 is 7.70. The maximum absolute atomic E-state index is 13.7. The number of carbonyl (C=O) groups is 1. The first kappa shape index (κ1) is 24.9. The summed E-state index contributed by atoms with van der Waals surface area (Å²) in [7, 11) is 1.65. The molecule has 7 nitrogen and oxygen atoms in total. The molecule has 1 aliphatic heterocycles. The first-order valence-corrected chi connectivity index (χ1v) is 13.1. The lowest BCUT2D eigenvalue weighted by atomic mass is 9.95. The summed E-state index contributed by atoms with van der Waals surface area (Å²) in [5.41, 5.74) is 5.02. The van der Waals surface area contributed by atoms with Crippen LogP contribution in [0.1, 0.15) is 29.7 Å². The van der Waals surface area contributed by atoms with Gasteiger partial charge in [0.1, 0.15) is 11.8 Å². The number of ether oxygens (including phenoxy) is 1. The Morgan fingerprint density at radius 3 is 2.65 bits per heavy atom. The summed E-state index contributed by atoms with van der Waals surface area (Å²) in [6, 6.07) is 22.6. The van der Waals surface area contributed by atoms with Crippen molar-refractivity contribution in [2.45, 2.75) is 30.8 Å². The van der Waals surface area contributed by atoms with Crippen molar-refractivity contribution in [3.8, 4) is 5.75 Å². The van der Waals surface area contributed by atoms with Crippen LogP contribution in [0.4, 0.5) is 11.6 Å². The van der Waals surface area contributed by atoms with Gasteiger partial charge in [0.05, 0.1) is 12.7 Å². The lowest BCUT2D eigenvalue weighted by molar-refractivity contribution is -0.113. The number of halogens is 1. The third-order valence-corrected chi connectivity index (χ3v) is 7.32. The van der Waals surface area contributed by atoms with Gasteiger partial charge in [-0.25, -0.2) is 4.68 Å². The molecule has 0 fully saturated rings. The van der Waals surface area contributed by atoms with Crippen LogP contribution in [-0.4, -0.2) is 27.8 Å². The van der Waals surface area contributed by atoms with Crippen LogP contribution in [0, 0.1) is 6.92 Å². The van der Waals surface area contributed by atoms with E-state index >= 15 is 0 Å². The number of benzene rings is 3. The van der Waals surface area contributed by atoms with E-state index in [0.29, 0.717) is 27.5 Å². The Bertz CT molecular complexity index is 1480. The third-order valence-electron chi connectivity index (χ3n) is 6.16. The van der Waals surface area contributed by atoms with Gasteiger partial charge in [-0.2, -0.15) is 4.98 Å². The van der Waals surface area contributed by atoms with Gasteiger partial charge in [-0.3, -0.25) is 4.79 Å². The minimum Gasteiger partial charge on any atom is -0.497 e. The van der Waals surface area contributed by atoms with Crippen LogP contribution in [0.5, 0.6) is 5.75 Å². The Kier molecular flexibility index (Phi) is 7.21. The zero-order chi connectivity index (χ0) is 25.9. The molecule has 0 saturated carbocycles. The second-order valence-electron chi connectivity index (χ2n) is 8.69. The smallest absolute Gasteiger partial charge is 0.255 e. The van der Waals surface area contributed by atoms with Crippen LogP contribution in [-0.2, 0) is 10.5 Å². The number of methoxy groups -OCH3 is 1. The van der Waals surface area contributed by atoms with Crippen molar-refractivity contribution in [2.24, 2.45) is 0 Å². The number of aromatic nitrogens is 3. The number of thioether (sulfide) groups is 1. The highest BCUT2D eigenvalue weighted by atomic mass is 35.5. The van der Waals surface area contributed by atoms with Crippen molar-refractivity contribution in [1.82, 2.24) is 14.8 Å².